The third kappa shape index (κ3) is 3.28. The standard InChI is InChI=1S/C13H18O5/c14-7-11-13(10(15)6-12(16)18-11)17-8-9-4-2-1-3-5-9/h1-5,10-16H,6-8H2/t10?,11?,12-,13+/m0/s1. The van der Waals surface area contributed by atoms with Gasteiger partial charge in [-0.25, -0.2) is 0 Å². The van der Waals surface area contributed by atoms with Crippen LogP contribution in [-0.4, -0.2) is 46.5 Å². The fraction of sp³-hybridized carbons (Fsp3) is 0.538. The molecule has 1 saturated heterocycles. The summed E-state index contributed by atoms with van der Waals surface area (Å²) in [6, 6.07) is 9.55. The lowest BCUT2D eigenvalue weighted by molar-refractivity contribution is -0.252. The molecular weight excluding hydrogens is 236 g/mol. The maximum Gasteiger partial charge on any atom is 0.157 e. The van der Waals surface area contributed by atoms with Gasteiger partial charge in [0.2, 0.25) is 0 Å². The van der Waals surface area contributed by atoms with Crippen molar-refractivity contribution in [1.82, 2.24) is 0 Å². The molecule has 1 aromatic carbocycles. The Morgan fingerprint density at radius 2 is 1.94 bits per heavy atom. The summed E-state index contributed by atoms with van der Waals surface area (Å²) in [5, 5.41) is 28.3. The van der Waals surface area contributed by atoms with Gasteiger partial charge in [-0.2, -0.15) is 0 Å². The first kappa shape index (κ1) is 13.5. The lowest BCUT2D eigenvalue weighted by atomic mass is 10.0. The Bertz CT molecular complexity index is 356. The molecule has 0 spiro atoms. The first-order valence-electron chi connectivity index (χ1n) is 5.98. The van der Waals surface area contributed by atoms with Crippen LogP contribution in [0.3, 0.4) is 0 Å². The van der Waals surface area contributed by atoms with Gasteiger partial charge in [-0.3, -0.25) is 0 Å². The van der Waals surface area contributed by atoms with Crippen LogP contribution in [0.4, 0.5) is 0 Å². The molecule has 0 aromatic heterocycles. The maximum absolute atomic E-state index is 9.84. The van der Waals surface area contributed by atoms with Crippen LogP contribution >= 0.6 is 0 Å². The number of hydrogen-bond acceptors (Lipinski definition) is 5. The summed E-state index contributed by atoms with van der Waals surface area (Å²) in [4.78, 5) is 0. The second-order valence-corrected chi connectivity index (χ2v) is 4.38. The average molecular weight is 254 g/mol. The van der Waals surface area contributed by atoms with Crippen molar-refractivity contribution >= 4 is 0 Å². The van der Waals surface area contributed by atoms with Gasteiger partial charge >= 0.3 is 0 Å². The van der Waals surface area contributed by atoms with Crippen LogP contribution in [0.1, 0.15) is 12.0 Å². The molecule has 0 saturated carbocycles. The second-order valence-electron chi connectivity index (χ2n) is 4.38. The predicted octanol–water partition coefficient (Wildman–Crippen LogP) is 0.0323. The minimum Gasteiger partial charge on any atom is -0.394 e. The zero-order valence-corrected chi connectivity index (χ0v) is 9.98. The van der Waals surface area contributed by atoms with E-state index in [0.717, 1.165) is 5.56 Å². The molecule has 2 unspecified atom stereocenters. The van der Waals surface area contributed by atoms with Gasteiger partial charge in [0.25, 0.3) is 0 Å². The minimum atomic E-state index is -1.05. The number of aliphatic hydroxyl groups is 3. The molecule has 100 valence electrons. The Balaban J connectivity index is 1.94. The van der Waals surface area contributed by atoms with Gasteiger partial charge in [0, 0.05) is 6.42 Å². The fourth-order valence-electron chi connectivity index (χ4n) is 2.06. The molecule has 1 aliphatic rings. The smallest absolute Gasteiger partial charge is 0.157 e. The lowest BCUT2D eigenvalue weighted by Crippen LogP contribution is -2.51. The Labute approximate surface area is 106 Å². The van der Waals surface area contributed by atoms with E-state index in [9.17, 15) is 10.2 Å². The number of aliphatic hydroxyl groups excluding tert-OH is 3. The highest BCUT2D eigenvalue weighted by Gasteiger charge is 2.37. The molecule has 18 heavy (non-hydrogen) atoms. The lowest BCUT2D eigenvalue weighted by Gasteiger charge is -2.36. The van der Waals surface area contributed by atoms with Gasteiger partial charge in [-0.05, 0) is 5.56 Å². The maximum atomic E-state index is 9.84. The van der Waals surface area contributed by atoms with Gasteiger partial charge in [-0.15, -0.1) is 0 Å². The molecular formula is C13H18O5. The Hall–Kier alpha value is -0.980. The van der Waals surface area contributed by atoms with Crippen molar-refractivity contribution in [2.24, 2.45) is 0 Å². The monoisotopic (exact) mass is 254 g/mol. The largest absolute Gasteiger partial charge is 0.394 e. The number of benzene rings is 1. The van der Waals surface area contributed by atoms with E-state index in [0.29, 0.717) is 6.61 Å². The van der Waals surface area contributed by atoms with Crippen LogP contribution in [0.25, 0.3) is 0 Å². The van der Waals surface area contributed by atoms with E-state index in [-0.39, 0.29) is 13.0 Å². The van der Waals surface area contributed by atoms with Crippen molar-refractivity contribution < 1.29 is 24.8 Å². The molecule has 0 aliphatic carbocycles. The molecule has 0 bridgehead atoms. The quantitative estimate of drug-likeness (QED) is 0.706. The summed E-state index contributed by atoms with van der Waals surface area (Å²) >= 11 is 0. The predicted molar refractivity (Wildman–Crippen MR) is 63.6 cm³/mol. The van der Waals surface area contributed by atoms with Crippen LogP contribution in [0, 0.1) is 0 Å². The number of rotatable bonds is 4. The molecule has 4 atom stereocenters. The van der Waals surface area contributed by atoms with E-state index < -0.39 is 24.6 Å². The first-order chi connectivity index (χ1) is 8.70. The third-order valence-corrected chi connectivity index (χ3v) is 2.99. The SMILES string of the molecule is OCC1O[C@H](O)CC(O)[C@H]1OCc1ccccc1. The highest BCUT2D eigenvalue weighted by Crippen LogP contribution is 2.22. The van der Waals surface area contributed by atoms with Crippen LogP contribution < -0.4 is 0 Å². The molecule has 2 rings (SSSR count). The van der Waals surface area contributed by atoms with Gasteiger partial charge in [0.15, 0.2) is 6.29 Å². The summed E-state index contributed by atoms with van der Waals surface area (Å²) in [7, 11) is 0. The van der Waals surface area contributed by atoms with Gasteiger partial charge < -0.3 is 24.8 Å². The second kappa shape index (κ2) is 6.26. The van der Waals surface area contributed by atoms with Crippen LogP contribution in [0.2, 0.25) is 0 Å². The van der Waals surface area contributed by atoms with Gasteiger partial charge in [-0.1, -0.05) is 30.3 Å². The molecule has 1 aromatic rings. The van der Waals surface area contributed by atoms with E-state index in [1.54, 1.807) is 0 Å². The van der Waals surface area contributed by atoms with E-state index in [4.69, 9.17) is 14.6 Å². The van der Waals surface area contributed by atoms with Crippen LogP contribution in [0.15, 0.2) is 30.3 Å². The molecule has 0 amide bonds. The molecule has 1 fully saturated rings. The van der Waals surface area contributed by atoms with E-state index in [1.807, 2.05) is 30.3 Å². The Kier molecular flexibility index (Phi) is 4.68. The highest BCUT2D eigenvalue weighted by molar-refractivity contribution is 5.13. The average Bonchev–Trinajstić information content (AvgIpc) is 2.38. The molecule has 5 nitrogen and oxygen atoms in total. The van der Waals surface area contributed by atoms with E-state index >= 15 is 0 Å². The number of ether oxygens (including phenoxy) is 2. The Morgan fingerprint density at radius 3 is 2.61 bits per heavy atom. The summed E-state index contributed by atoms with van der Waals surface area (Å²) in [6.07, 6.45) is -3.12. The van der Waals surface area contributed by atoms with Crippen LogP contribution in [0.5, 0.6) is 0 Å². The highest BCUT2D eigenvalue weighted by atomic mass is 16.6. The number of hydrogen-bond donors (Lipinski definition) is 3. The normalized spacial score (nSPS) is 32.4. The minimum absolute atomic E-state index is 0.0932. The Morgan fingerprint density at radius 1 is 1.22 bits per heavy atom. The fourth-order valence-corrected chi connectivity index (χ4v) is 2.06. The van der Waals surface area contributed by atoms with Crippen LogP contribution in [-0.2, 0) is 16.1 Å². The molecule has 1 heterocycles. The zero-order valence-electron chi connectivity index (χ0n) is 9.98. The van der Waals surface area contributed by atoms with Crippen molar-refractivity contribution in [3.63, 3.8) is 0 Å². The zero-order chi connectivity index (χ0) is 13.0. The van der Waals surface area contributed by atoms with Crippen molar-refractivity contribution in [1.29, 1.82) is 0 Å². The van der Waals surface area contributed by atoms with Crippen molar-refractivity contribution in [2.45, 2.75) is 37.6 Å². The molecule has 1 aliphatic heterocycles. The summed E-state index contributed by atoms with van der Waals surface area (Å²) in [6.45, 7) is 0.0338. The third-order valence-electron chi connectivity index (χ3n) is 2.99. The van der Waals surface area contributed by atoms with E-state index in [1.165, 1.54) is 0 Å². The first-order valence-corrected chi connectivity index (χ1v) is 5.98. The van der Waals surface area contributed by atoms with E-state index in [2.05, 4.69) is 0 Å². The summed E-state index contributed by atoms with van der Waals surface area (Å²) in [5.41, 5.74) is 0.979. The van der Waals surface area contributed by atoms with Gasteiger partial charge in [0.1, 0.15) is 12.2 Å². The molecule has 3 N–H and O–H groups in total. The van der Waals surface area contributed by atoms with Gasteiger partial charge in [0.05, 0.1) is 19.3 Å². The molecule has 0 radical (unpaired) electrons. The van der Waals surface area contributed by atoms with Crippen molar-refractivity contribution in [3.8, 4) is 0 Å². The summed E-state index contributed by atoms with van der Waals surface area (Å²) in [5.74, 6) is 0. The van der Waals surface area contributed by atoms with Crippen molar-refractivity contribution in [3.05, 3.63) is 35.9 Å². The summed E-state index contributed by atoms with van der Waals surface area (Å²) < 4.78 is 10.7. The van der Waals surface area contributed by atoms with Crippen molar-refractivity contribution in [2.75, 3.05) is 6.61 Å². The topological polar surface area (TPSA) is 79.2 Å². The molecule has 5 heteroatoms.